The van der Waals surface area contributed by atoms with Crippen LogP contribution in [0.4, 0.5) is 0 Å². The summed E-state index contributed by atoms with van der Waals surface area (Å²) >= 11 is 4.09. The van der Waals surface area contributed by atoms with Gasteiger partial charge in [0, 0.05) is 0 Å². The first-order valence-corrected chi connectivity index (χ1v) is 18.4. The van der Waals surface area contributed by atoms with Crippen molar-refractivity contribution in [2.75, 3.05) is 0 Å². The number of rotatable bonds is 12. The van der Waals surface area contributed by atoms with Gasteiger partial charge in [0.2, 0.25) is 0 Å². The zero-order chi connectivity index (χ0) is 32.3. The topological polar surface area (TPSA) is 453 Å². The molecule has 1 fully saturated rings. The molecular weight excluding hydrogens is 714 g/mol. The van der Waals surface area contributed by atoms with Gasteiger partial charge in [0.25, 0.3) is 0 Å². The number of nitrogens with two attached hydrogens (primary N) is 2. The molecule has 0 unspecified atom stereocenters. The number of phosphoric ester groups is 6. The Hall–Kier alpha value is 0.350. The fraction of sp³-hybridized carbons (Fsp3) is 0.857. The summed E-state index contributed by atoms with van der Waals surface area (Å²) in [4.78, 5) is 110. The minimum atomic E-state index is -6.02. The van der Waals surface area contributed by atoms with Crippen LogP contribution in [0, 0.1) is 0 Å². The second kappa shape index (κ2) is 14.4. The lowest BCUT2D eigenvalue weighted by Crippen LogP contribution is -2.66. The lowest BCUT2D eigenvalue weighted by molar-refractivity contribution is -0.202. The minimum Gasteiger partial charge on any atom is -0.377 e. The molecule has 0 atom stereocenters. The van der Waals surface area contributed by atoms with Crippen LogP contribution in [0.25, 0.3) is 0 Å². The third-order valence-corrected chi connectivity index (χ3v) is 6.61. The van der Waals surface area contributed by atoms with Gasteiger partial charge in [-0.25, -0.2) is 27.4 Å². The number of hydrogen-bond acceptors (Lipinski definition) is 13. The van der Waals surface area contributed by atoms with Gasteiger partial charge in [0.05, 0.1) is 0 Å². The van der Waals surface area contributed by atoms with Gasteiger partial charge in [-0.2, -0.15) is 0 Å². The van der Waals surface area contributed by atoms with E-state index in [1.165, 1.54) is 0 Å². The molecule has 0 aromatic carbocycles. The molecule has 0 heterocycles. The van der Waals surface area contributed by atoms with Gasteiger partial charge >= 0.3 is 46.9 Å². The Morgan fingerprint density at radius 1 is 0.400 bits per heavy atom. The van der Waals surface area contributed by atoms with Crippen molar-refractivity contribution < 1.29 is 113 Å². The Bertz CT molecular complexity index is 925. The Morgan fingerprint density at radius 3 is 0.525 bits per heavy atom. The van der Waals surface area contributed by atoms with Gasteiger partial charge in [0.15, 0.2) is 5.11 Å². The molecule has 33 heteroatoms. The van der Waals surface area contributed by atoms with Crippen LogP contribution in [0.2, 0.25) is 0 Å². The first-order chi connectivity index (χ1) is 17.3. The van der Waals surface area contributed by atoms with E-state index in [2.05, 4.69) is 50.8 Å². The summed E-state index contributed by atoms with van der Waals surface area (Å²) in [6, 6.07) is 0. The lowest BCUT2D eigenvalue weighted by atomic mass is 9.85. The van der Waals surface area contributed by atoms with Gasteiger partial charge in [-0.15, -0.1) is 0 Å². The molecule has 16 N–H and O–H groups in total. The van der Waals surface area contributed by atoms with E-state index in [1.54, 1.807) is 0 Å². The van der Waals surface area contributed by atoms with Gasteiger partial charge < -0.3 is 70.2 Å². The fourth-order valence-electron chi connectivity index (χ4n) is 2.79. The van der Waals surface area contributed by atoms with Crippen molar-refractivity contribution in [2.24, 2.45) is 11.5 Å². The molecule has 0 aromatic rings. The van der Waals surface area contributed by atoms with Crippen molar-refractivity contribution in [1.82, 2.24) is 0 Å². The molecule has 0 spiro atoms. The first-order valence-electron chi connectivity index (χ1n) is 8.79. The smallest absolute Gasteiger partial charge is 0.377 e. The van der Waals surface area contributed by atoms with Crippen LogP contribution in [0.5, 0.6) is 0 Å². The van der Waals surface area contributed by atoms with Crippen LogP contribution in [0.3, 0.4) is 0 Å². The lowest BCUT2D eigenvalue weighted by Gasteiger charge is -2.48. The third-order valence-electron chi connectivity index (χ3n) is 3.50. The summed E-state index contributed by atoms with van der Waals surface area (Å²) in [7, 11) is -36.1. The molecule has 1 saturated carbocycles. The Morgan fingerprint density at radius 2 is 0.475 bits per heavy atom. The summed E-state index contributed by atoms with van der Waals surface area (Å²) < 4.78 is 93.1. The van der Waals surface area contributed by atoms with Crippen molar-refractivity contribution in [2.45, 2.75) is 36.6 Å². The maximum absolute atomic E-state index is 11.4. The van der Waals surface area contributed by atoms with Crippen molar-refractivity contribution in [1.29, 1.82) is 0 Å². The van der Waals surface area contributed by atoms with Gasteiger partial charge in [-0.05, 0) is 12.2 Å². The Balaban J connectivity index is 0.00000354. The molecule has 40 heavy (non-hydrogen) atoms. The normalized spacial score (nSPS) is 27.0. The van der Waals surface area contributed by atoms with E-state index in [0.29, 0.717) is 0 Å². The summed E-state index contributed by atoms with van der Waals surface area (Å²) in [6.07, 6.45) is -18.9. The Labute approximate surface area is 225 Å². The molecular formula is C7H22N2O24P6S. The van der Waals surface area contributed by atoms with Gasteiger partial charge in [0.1, 0.15) is 36.6 Å². The summed E-state index contributed by atoms with van der Waals surface area (Å²) in [5.41, 5.74) is 9.24. The number of hydrogen-bond donors (Lipinski definition) is 14. The van der Waals surface area contributed by atoms with E-state index in [0.717, 1.165) is 0 Å². The van der Waals surface area contributed by atoms with E-state index >= 15 is 0 Å². The highest BCUT2D eigenvalue weighted by atomic mass is 32.1. The van der Waals surface area contributed by atoms with Crippen LogP contribution >= 0.6 is 59.2 Å². The quantitative estimate of drug-likeness (QED) is 0.0671. The van der Waals surface area contributed by atoms with Crippen LogP contribution in [0.15, 0.2) is 0 Å². The van der Waals surface area contributed by atoms with E-state index in [4.69, 9.17) is 58.7 Å². The minimum absolute atomic E-state index is 0.000000000000000222. The summed E-state index contributed by atoms with van der Waals surface area (Å²) in [5, 5.41) is 0.000000000000000222. The highest BCUT2D eigenvalue weighted by Crippen LogP contribution is 2.57. The van der Waals surface area contributed by atoms with Gasteiger partial charge in [-0.3, -0.25) is 27.1 Å². The van der Waals surface area contributed by atoms with E-state index in [-0.39, 0.29) is 5.11 Å². The second-order valence-corrected chi connectivity index (χ2v) is 14.4. The monoisotopic (exact) mass is 736 g/mol. The zero-order valence-electron chi connectivity index (χ0n) is 18.5. The first kappa shape index (κ1) is 40.4. The van der Waals surface area contributed by atoms with Crippen LogP contribution in [0.1, 0.15) is 0 Å². The Kier molecular flexibility index (Phi) is 14.5. The van der Waals surface area contributed by atoms with E-state index in [9.17, 15) is 27.4 Å². The van der Waals surface area contributed by atoms with Crippen LogP contribution in [-0.4, -0.2) is 100 Å². The number of thiocarbonyl (C=S) groups is 1. The molecule has 0 aliphatic heterocycles. The molecule has 0 saturated heterocycles. The average Bonchev–Trinajstić information content (AvgIpc) is 2.57. The van der Waals surface area contributed by atoms with Crippen molar-refractivity contribution in [3.63, 3.8) is 0 Å². The molecule has 0 amide bonds. The van der Waals surface area contributed by atoms with Crippen LogP contribution in [-0.2, 0) is 54.5 Å². The molecule has 1 aliphatic carbocycles. The molecule has 1 rings (SSSR count). The highest BCUT2D eigenvalue weighted by molar-refractivity contribution is 7.80. The van der Waals surface area contributed by atoms with Crippen LogP contribution < -0.4 is 11.5 Å². The second-order valence-electron chi connectivity index (χ2n) is 6.77. The molecule has 0 radical (unpaired) electrons. The predicted molar refractivity (Wildman–Crippen MR) is 122 cm³/mol. The molecule has 26 nitrogen and oxygen atoms in total. The largest absolute Gasteiger partial charge is 0.470 e. The molecule has 240 valence electrons. The predicted octanol–water partition coefficient (Wildman–Crippen LogP) is -3.94. The SMILES string of the molecule is NC(N)=S.O=P(O)(O)OC1C(OP(=O)(O)O)C(OP(=O)(O)O)C(OP(=O)(O)O)C(OP(=O)(O)O)C1OP(=O)(O)O. The fourth-order valence-corrected chi connectivity index (χ4v) is 6.14. The van der Waals surface area contributed by atoms with Crippen molar-refractivity contribution in [3.8, 4) is 0 Å². The number of phosphoric acid groups is 6. The van der Waals surface area contributed by atoms with Gasteiger partial charge in [-0.1, -0.05) is 0 Å². The maximum atomic E-state index is 11.4. The highest BCUT2D eigenvalue weighted by Gasteiger charge is 2.62. The zero-order valence-corrected chi connectivity index (χ0v) is 24.7. The average molecular weight is 736 g/mol. The standard InChI is InChI=1S/C6H18O24P6.CH4N2S/c7-31(8,9)25-1-2(26-32(10,11)12)4(28-34(16,17)18)6(30-36(22,23)24)5(29-35(19,20)21)3(1)27-33(13,14)15;2-1(3)4/h1-6H,(H2,7,8,9)(H2,10,11,12)(H2,13,14,15)(H2,16,17,18)(H2,19,20,21)(H2,22,23,24);(H4,2,3,4). The van der Waals surface area contributed by atoms with E-state index in [1.807, 2.05) is 0 Å². The van der Waals surface area contributed by atoms with Crippen molar-refractivity contribution in [3.05, 3.63) is 0 Å². The maximum Gasteiger partial charge on any atom is 0.470 e. The molecule has 0 bridgehead atoms. The molecule has 0 aromatic heterocycles. The summed E-state index contributed by atoms with van der Waals surface area (Å²) in [6.45, 7) is 0. The molecule has 1 aliphatic rings. The van der Waals surface area contributed by atoms with E-state index < -0.39 is 83.6 Å². The van der Waals surface area contributed by atoms with Crippen molar-refractivity contribution >= 4 is 64.3 Å². The summed E-state index contributed by atoms with van der Waals surface area (Å²) in [5.74, 6) is 0. The third kappa shape index (κ3) is 18.1.